The summed E-state index contributed by atoms with van der Waals surface area (Å²) in [7, 11) is 1.59. The molecule has 1 atom stereocenters. The summed E-state index contributed by atoms with van der Waals surface area (Å²) in [5.41, 5.74) is 3.23. The second kappa shape index (κ2) is 11.0. The van der Waals surface area contributed by atoms with Crippen molar-refractivity contribution in [1.82, 2.24) is 5.32 Å². The van der Waals surface area contributed by atoms with Gasteiger partial charge in [-0.3, -0.25) is 0 Å². The van der Waals surface area contributed by atoms with Crippen LogP contribution < -0.4 is 14.8 Å². The minimum atomic E-state index is -0.274. The molecule has 3 rings (SSSR count). The largest absolute Gasteiger partial charge is 0.493 e. The van der Waals surface area contributed by atoms with Crippen molar-refractivity contribution in [2.75, 3.05) is 7.11 Å². The number of halogens is 2. The van der Waals surface area contributed by atoms with Gasteiger partial charge in [-0.25, -0.2) is 4.39 Å². The first-order valence-corrected chi connectivity index (χ1v) is 10.4. The third kappa shape index (κ3) is 6.48. The van der Waals surface area contributed by atoms with Gasteiger partial charge in [0.2, 0.25) is 0 Å². The van der Waals surface area contributed by atoms with Gasteiger partial charge in [0.05, 0.1) is 12.1 Å². The SMILES string of the molecule is COc1cc(CNC(C)CCc2ccccc2)cc(Cl)c1OCc1ccc(F)cc1. The minimum absolute atomic E-state index is 0.274. The maximum absolute atomic E-state index is 13.1. The standard InChI is InChI=1S/C25H27ClFNO2/c1-18(8-9-19-6-4-3-5-7-19)28-16-21-14-23(26)25(24(15-21)29-2)30-17-20-10-12-22(27)13-11-20/h3-7,10-15,18,28H,8-9,16-17H2,1-2H3. The molecular weight excluding hydrogens is 401 g/mol. The molecule has 0 heterocycles. The molecule has 0 spiro atoms. The van der Waals surface area contributed by atoms with E-state index < -0.39 is 0 Å². The van der Waals surface area contributed by atoms with E-state index in [1.165, 1.54) is 17.7 Å². The summed E-state index contributed by atoms with van der Waals surface area (Å²) in [5.74, 6) is 0.798. The molecule has 3 aromatic rings. The van der Waals surface area contributed by atoms with Crippen LogP contribution in [-0.2, 0) is 19.6 Å². The molecule has 158 valence electrons. The summed E-state index contributed by atoms with van der Waals surface area (Å²) in [6.45, 7) is 3.15. The predicted molar refractivity (Wildman–Crippen MR) is 120 cm³/mol. The average molecular weight is 428 g/mol. The van der Waals surface area contributed by atoms with Crippen molar-refractivity contribution in [2.45, 2.75) is 39.0 Å². The highest BCUT2D eigenvalue weighted by Gasteiger charge is 2.13. The van der Waals surface area contributed by atoms with E-state index in [0.717, 1.165) is 24.0 Å². The number of ether oxygens (including phenoxy) is 2. The minimum Gasteiger partial charge on any atom is -0.493 e. The molecular formula is C25H27ClFNO2. The number of hydrogen-bond acceptors (Lipinski definition) is 3. The number of aryl methyl sites for hydroxylation is 1. The van der Waals surface area contributed by atoms with Gasteiger partial charge in [-0.15, -0.1) is 0 Å². The van der Waals surface area contributed by atoms with Gasteiger partial charge < -0.3 is 14.8 Å². The highest BCUT2D eigenvalue weighted by molar-refractivity contribution is 6.32. The van der Waals surface area contributed by atoms with Crippen LogP contribution in [0.2, 0.25) is 5.02 Å². The molecule has 30 heavy (non-hydrogen) atoms. The molecule has 0 aliphatic carbocycles. The third-order valence-corrected chi connectivity index (χ3v) is 5.23. The maximum atomic E-state index is 13.1. The summed E-state index contributed by atoms with van der Waals surface area (Å²) in [6.07, 6.45) is 2.09. The molecule has 0 amide bonds. The Labute approximate surface area is 182 Å². The smallest absolute Gasteiger partial charge is 0.180 e. The van der Waals surface area contributed by atoms with E-state index in [9.17, 15) is 4.39 Å². The number of benzene rings is 3. The lowest BCUT2D eigenvalue weighted by Gasteiger charge is -2.17. The molecule has 0 fully saturated rings. The van der Waals surface area contributed by atoms with Crippen LogP contribution in [0.4, 0.5) is 4.39 Å². The molecule has 0 aromatic heterocycles. The first-order valence-electron chi connectivity index (χ1n) is 10.1. The Morgan fingerprint density at radius 3 is 2.40 bits per heavy atom. The Hall–Kier alpha value is -2.56. The summed E-state index contributed by atoms with van der Waals surface area (Å²) >= 11 is 6.47. The molecule has 0 saturated heterocycles. The van der Waals surface area contributed by atoms with Crippen molar-refractivity contribution in [3.05, 3.63) is 94.3 Å². The quantitative estimate of drug-likeness (QED) is 0.419. The zero-order chi connectivity index (χ0) is 21.3. The molecule has 3 nitrogen and oxygen atoms in total. The predicted octanol–water partition coefficient (Wildman–Crippen LogP) is 6.18. The van der Waals surface area contributed by atoms with Crippen molar-refractivity contribution in [3.63, 3.8) is 0 Å². The second-order valence-electron chi connectivity index (χ2n) is 7.33. The maximum Gasteiger partial charge on any atom is 0.180 e. The summed E-state index contributed by atoms with van der Waals surface area (Å²) in [5, 5.41) is 4.03. The van der Waals surface area contributed by atoms with Crippen LogP contribution in [0.3, 0.4) is 0 Å². The Balaban J connectivity index is 1.56. The van der Waals surface area contributed by atoms with Crippen LogP contribution in [0.25, 0.3) is 0 Å². The zero-order valence-electron chi connectivity index (χ0n) is 17.3. The molecule has 0 aliphatic rings. The van der Waals surface area contributed by atoms with Crippen molar-refractivity contribution >= 4 is 11.6 Å². The fourth-order valence-electron chi connectivity index (χ4n) is 3.17. The van der Waals surface area contributed by atoms with E-state index >= 15 is 0 Å². The lowest BCUT2D eigenvalue weighted by atomic mass is 10.1. The first kappa shape index (κ1) is 22.1. The monoisotopic (exact) mass is 427 g/mol. The Morgan fingerprint density at radius 1 is 0.967 bits per heavy atom. The van der Waals surface area contributed by atoms with Crippen LogP contribution in [-0.4, -0.2) is 13.2 Å². The average Bonchev–Trinajstić information content (AvgIpc) is 2.77. The van der Waals surface area contributed by atoms with E-state index in [2.05, 4.69) is 36.5 Å². The topological polar surface area (TPSA) is 30.5 Å². The number of nitrogens with one attached hydrogen (secondary N) is 1. The third-order valence-electron chi connectivity index (χ3n) is 4.95. The Kier molecular flexibility index (Phi) is 8.12. The molecule has 1 unspecified atom stereocenters. The Morgan fingerprint density at radius 2 is 1.70 bits per heavy atom. The van der Waals surface area contributed by atoms with Gasteiger partial charge in [0.15, 0.2) is 11.5 Å². The number of methoxy groups -OCH3 is 1. The number of hydrogen-bond donors (Lipinski definition) is 1. The van der Waals surface area contributed by atoms with Crippen molar-refractivity contribution < 1.29 is 13.9 Å². The lowest BCUT2D eigenvalue weighted by molar-refractivity contribution is 0.284. The highest BCUT2D eigenvalue weighted by Crippen LogP contribution is 2.37. The number of rotatable bonds is 10. The van der Waals surface area contributed by atoms with E-state index in [0.29, 0.717) is 29.1 Å². The Bertz CT molecular complexity index is 932. The van der Waals surface area contributed by atoms with Crippen LogP contribution in [0.5, 0.6) is 11.5 Å². The van der Waals surface area contributed by atoms with Gasteiger partial charge in [0.1, 0.15) is 12.4 Å². The molecule has 3 aromatic carbocycles. The van der Waals surface area contributed by atoms with Gasteiger partial charge >= 0.3 is 0 Å². The molecule has 0 aliphatic heterocycles. The van der Waals surface area contributed by atoms with E-state index in [1.54, 1.807) is 19.2 Å². The van der Waals surface area contributed by atoms with Gasteiger partial charge in [0.25, 0.3) is 0 Å². The molecule has 0 bridgehead atoms. The lowest BCUT2D eigenvalue weighted by Crippen LogP contribution is -2.26. The van der Waals surface area contributed by atoms with Crippen LogP contribution in [0, 0.1) is 5.82 Å². The normalized spacial score (nSPS) is 11.9. The fourth-order valence-corrected chi connectivity index (χ4v) is 3.46. The summed E-state index contributed by atoms with van der Waals surface area (Å²) in [4.78, 5) is 0. The summed E-state index contributed by atoms with van der Waals surface area (Å²) in [6, 6.07) is 20.9. The van der Waals surface area contributed by atoms with E-state index in [4.69, 9.17) is 21.1 Å². The first-order chi connectivity index (χ1) is 14.5. The summed E-state index contributed by atoms with van der Waals surface area (Å²) < 4.78 is 24.4. The van der Waals surface area contributed by atoms with Gasteiger partial charge in [-0.05, 0) is 60.7 Å². The van der Waals surface area contributed by atoms with Crippen molar-refractivity contribution in [1.29, 1.82) is 0 Å². The molecule has 1 N–H and O–H groups in total. The van der Waals surface area contributed by atoms with E-state index in [1.807, 2.05) is 18.2 Å². The van der Waals surface area contributed by atoms with Crippen LogP contribution in [0.15, 0.2) is 66.7 Å². The van der Waals surface area contributed by atoms with E-state index in [-0.39, 0.29) is 12.4 Å². The van der Waals surface area contributed by atoms with Gasteiger partial charge in [-0.2, -0.15) is 0 Å². The second-order valence-corrected chi connectivity index (χ2v) is 7.74. The van der Waals surface area contributed by atoms with Gasteiger partial charge in [0, 0.05) is 12.6 Å². The fraction of sp³-hybridized carbons (Fsp3) is 0.280. The molecule has 0 radical (unpaired) electrons. The van der Waals surface area contributed by atoms with Crippen molar-refractivity contribution in [2.24, 2.45) is 0 Å². The highest BCUT2D eigenvalue weighted by atomic mass is 35.5. The molecule has 5 heteroatoms. The molecule has 0 saturated carbocycles. The van der Waals surface area contributed by atoms with Crippen molar-refractivity contribution in [3.8, 4) is 11.5 Å². The van der Waals surface area contributed by atoms with Gasteiger partial charge in [-0.1, -0.05) is 54.1 Å². The van der Waals surface area contributed by atoms with Crippen LogP contribution in [0.1, 0.15) is 30.0 Å². The zero-order valence-corrected chi connectivity index (χ0v) is 18.1. The van der Waals surface area contributed by atoms with Crippen LogP contribution >= 0.6 is 11.6 Å².